The third-order valence-corrected chi connectivity index (χ3v) is 3.39. The lowest BCUT2D eigenvalue weighted by Crippen LogP contribution is -2.41. The highest BCUT2D eigenvalue weighted by atomic mass is 16.3. The summed E-state index contributed by atoms with van der Waals surface area (Å²) in [6, 6.07) is 8.05. The van der Waals surface area contributed by atoms with Gasteiger partial charge in [0.25, 0.3) is 0 Å². The molecule has 0 bridgehead atoms. The van der Waals surface area contributed by atoms with Gasteiger partial charge in [0.15, 0.2) is 0 Å². The first-order valence-corrected chi connectivity index (χ1v) is 6.27. The molecule has 1 aromatic carbocycles. The molecule has 1 atom stereocenters. The van der Waals surface area contributed by atoms with Crippen molar-refractivity contribution in [1.82, 2.24) is 0 Å². The molecule has 0 radical (unpaired) electrons. The molecule has 1 heterocycles. The number of carbonyl (C=O) groups excluding carboxylic acids is 1. The van der Waals surface area contributed by atoms with Gasteiger partial charge in [-0.2, -0.15) is 0 Å². The number of hydrogen-bond donors (Lipinski definition) is 1. The van der Waals surface area contributed by atoms with Crippen LogP contribution in [0.5, 0.6) is 0 Å². The summed E-state index contributed by atoms with van der Waals surface area (Å²) >= 11 is 0. The van der Waals surface area contributed by atoms with Crippen molar-refractivity contribution in [2.75, 3.05) is 18.1 Å². The summed E-state index contributed by atoms with van der Waals surface area (Å²) in [5.74, 6) is 0. The Labute approximate surface area is 102 Å². The van der Waals surface area contributed by atoms with Gasteiger partial charge in [-0.05, 0) is 37.3 Å². The summed E-state index contributed by atoms with van der Waals surface area (Å²) in [6.07, 6.45) is 4.91. The van der Waals surface area contributed by atoms with Crippen molar-refractivity contribution in [2.45, 2.75) is 31.7 Å². The van der Waals surface area contributed by atoms with Crippen LogP contribution in [0.15, 0.2) is 24.3 Å². The van der Waals surface area contributed by atoms with Gasteiger partial charge in [0, 0.05) is 18.8 Å². The number of hydrogen-bond acceptors (Lipinski definition) is 3. The average molecular weight is 233 g/mol. The molecule has 17 heavy (non-hydrogen) atoms. The number of piperidine rings is 1. The van der Waals surface area contributed by atoms with Crippen LogP contribution in [-0.4, -0.2) is 30.6 Å². The van der Waals surface area contributed by atoms with Gasteiger partial charge in [-0.3, -0.25) is 0 Å². The molecule has 3 heteroatoms. The predicted octanol–water partition coefficient (Wildman–Crippen LogP) is 1.78. The Bertz CT molecular complexity index is 378. The second kappa shape index (κ2) is 5.82. The normalized spacial score (nSPS) is 20.3. The molecule has 1 unspecified atom stereocenters. The maximum absolute atomic E-state index is 11.1. The Morgan fingerprint density at radius 2 is 2.18 bits per heavy atom. The summed E-state index contributed by atoms with van der Waals surface area (Å²) in [5, 5.41) is 9.08. The zero-order valence-electron chi connectivity index (χ0n) is 10.0. The lowest BCUT2D eigenvalue weighted by molar-refractivity contribution is -0.109. The Kier molecular flexibility index (Phi) is 4.15. The number of anilines is 1. The zero-order valence-corrected chi connectivity index (χ0v) is 10.0. The number of para-hydroxylation sites is 1. The van der Waals surface area contributed by atoms with E-state index in [0.29, 0.717) is 6.42 Å². The van der Waals surface area contributed by atoms with Gasteiger partial charge in [-0.1, -0.05) is 18.2 Å². The van der Waals surface area contributed by atoms with Crippen molar-refractivity contribution in [2.24, 2.45) is 0 Å². The molecule has 1 aliphatic rings. The minimum absolute atomic E-state index is 0.00333. The fraction of sp³-hybridized carbons (Fsp3) is 0.500. The van der Waals surface area contributed by atoms with Gasteiger partial charge in [0.1, 0.15) is 6.29 Å². The molecule has 0 amide bonds. The van der Waals surface area contributed by atoms with Crippen LogP contribution in [0.1, 0.15) is 24.8 Å². The minimum atomic E-state index is 0.00333. The second-order valence-electron chi connectivity index (χ2n) is 4.49. The Morgan fingerprint density at radius 1 is 1.35 bits per heavy atom. The smallest absolute Gasteiger partial charge is 0.142 e. The van der Waals surface area contributed by atoms with Crippen LogP contribution in [-0.2, 0) is 11.2 Å². The van der Waals surface area contributed by atoms with Crippen molar-refractivity contribution < 1.29 is 9.90 Å². The van der Waals surface area contributed by atoms with E-state index in [-0.39, 0.29) is 12.6 Å². The summed E-state index contributed by atoms with van der Waals surface area (Å²) < 4.78 is 0. The van der Waals surface area contributed by atoms with Crippen molar-refractivity contribution in [1.29, 1.82) is 0 Å². The molecule has 1 saturated heterocycles. The van der Waals surface area contributed by atoms with Crippen LogP contribution in [0.3, 0.4) is 0 Å². The number of carbonyl (C=O) groups is 1. The molecule has 0 aromatic heterocycles. The molecule has 1 N–H and O–H groups in total. The number of nitrogens with zero attached hydrogens (tertiary/aromatic N) is 1. The predicted molar refractivity (Wildman–Crippen MR) is 68.3 cm³/mol. The number of aldehydes is 1. The molecule has 3 nitrogen and oxygen atoms in total. The highest BCUT2D eigenvalue weighted by molar-refractivity contribution is 5.68. The van der Waals surface area contributed by atoms with E-state index in [1.165, 1.54) is 0 Å². The Hall–Kier alpha value is -1.35. The average Bonchev–Trinajstić information content (AvgIpc) is 2.40. The van der Waals surface area contributed by atoms with E-state index in [1.54, 1.807) is 0 Å². The first kappa shape index (κ1) is 12.1. The van der Waals surface area contributed by atoms with Gasteiger partial charge >= 0.3 is 0 Å². The van der Waals surface area contributed by atoms with Gasteiger partial charge in [0.2, 0.25) is 0 Å². The van der Waals surface area contributed by atoms with Crippen LogP contribution in [0.2, 0.25) is 0 Å². The molecule has 0 saturated carbocycles. The van der Waals surface area contributed by atoms with E-state index in [1.807, 2.05) is 24.3 Å². The first-order chi connectivity index (χ1) is 8.36. The van der Waals surface area contributed by atoms with Crippen LogP contribution in [0.25, 0.3) is 0 Å². The van der Waals surface area contributed by atoms with E-state index in [2.05, 4.69) is 4.90 Å². The largest absolute Gasteiger partial charge is 0.396 e. The molecule has 1 aliphatic heterocycles. The Balaban J connectivity index is 2.27. The van der Waals surface area contributed by atoms with Crippen molar-refractivity contribution in [3.8, 4) is 0 Å². The van der Waals surface area contributed by atoms with E-state index < -0.39 is 0 Å². The van der Waals surface area contributed by atoms with Gasteiger partial charge in [0.05, 0.1) is 6.04 Å². The third kappa shape index (κ3) is 2.67. The van der Waals surface area contributed by atoms with E-state index in [9.17, 15) is 4.79 Å². The number of aliphatic hydroxyl groups is 1. The number of benzene rings is 1. The third-order valence-electron chi connectivity index (χ3n) is 3.39. The lowest BCUT2D eigenvalue weighted by atomic mass is 10.00. The van der Waals surface area contributed by atoms with Gasteiger partial charge in [-0.15, -0.1) is 0 Å². The highest BCUT2D eigenvalue weighted by Gasteiger charge is 2.23. The topological polar surface area (TPSA) is 40.5 Å². The molecule has 1 fully saturated rings. The SMILES string of the molecule is O=CC1CCCCN1c1ccccc1CCO. The monoisotopic (exact) mass is 233 g/mol. The van der Waals surface area contributed by atoms with Gasteiger partial charge in [-0.25, -0.2) is 0 Å². The fourth-order valence-corrected chi connectivity index (χ4v) is 2.52. The molecule has 1 aromatic rings. The molecular formula is C14H19NO2. The van der Waals surface area contributed by atoms with Gasteiger partial charge < -0.3 is 14.8 Å². The van der Waals surface area contributed by atoms with Crippen molar-refractivity contribution >= 4 is 12.0 Å². The van der Waals surface area contributed by atoms with Crippen LogP contribution < -0.4 is 4.90 Å². The summed E-state index contributed by atoms with van der Waals surface area (Å²) in [7, 11) is 0. The molecule has 0 spiro atoms. The van der Waals surface area contributed by atoms with E-state index >= 15 is 0 Å². The standard InChI is InChI=1S/C14H19NO2/c16-10-8-12-5-1-2-7-14(12)15-9-4-3-6-13(15)11-17/h1-2,5,7,11,13,16H,3-4,6,8-10H2. The summed E-state index contributed by atoms with van der Waals surface area (Å²) in [4.78, 5) is 13.3. The number of rotatable bonds is 4. The van der Waals surface area contributed by atoms with Crippen LogP contribution >= 0.6 is 0 Å². The molecule has 0 aliphatic carbocycles. The minimum Gasteiger partial charge on any atom is -0.396 e. The fourth-order valence-electron chi connectivity index (χ4n) is 2.52. The van der Waals surface area contributed by atoms with Crippen molar-refractivity contribution in [3.05, 3.63) is 29.8 Å². The van der Waals surface area contributed by atoms with E-state index in [4.69, 9.17) is 5.11 Å². The molecular weight excluding hydrogens is 214 g/mol. The maximum Gasteiger partial charge on any atom is 0.142 e. The summed E-state index contributed by atoms with van der Waals surface area (Å²) in [5.41, 5.74) is 2.24. The zero-order chi connectivity index (χ0) is 12.1. The first-order valence-electron chi connectivity index (χ1n) is 6.27. The van der Waals surface area contributed by atoms with Crippen molar-refractivity contribution in [3.63, 3.8) is 0 Å². The molecule has 2 rings (SSSR count). The lowest BCUT2D eigenvalue weighted by Gasteiger charge is -2.35. The number of aliphatic hydroxyl groups excluding tert-OH is 1. The highest BCUT2D eigenvalue weighted by Crippen LogP contribution is 2.27. The second-order valence-corrected chi connectivity index (χ2v) is 4.49. The van der Waals surface area contributed by atoms with Crippen LogP contribution in [0.4, 0.5) is 5.69 Å². The Morgan fingerprint density at radius 3 is 2.94 bits per heavy atom. The van der Waals surface area contributed by atoms with E-state index in [0.717, 1.165) is 43.3 Å². The quantitative estimate of drug-likeness (QED) is 0.806. The maximum atomic E-state index is 11.1. The van der Waals surface area contributed by atoms with Crippen LogP contribution in [0, 0.1) is 0 Å². The molecule has 92 valence electrons. The summed E-state index contributed by atoms with van der Waals surface area (Å²) in [6.45, 7) is 1.09.